The Bertz CT molecular complexity index is 1700. The number of hydrogen-bond donors (Lipinski definition) is 2. The van der Waals surface area contributed by atoms with E-state index in [1.54, 1.807) is 57.3 Å². The fourth-order valence-electron chi connectivity index (χ4n) is 4.65. The molecular formula is C29H32N4O7S. The number of nitrogens with zero attached hydrogens (tertiary/aromatic N) is 3. The van der Waals surface area contributed by atoms with Crippen LogP contribution >= 0.6 is 0 Å². The maximum absolute atomic E-state index is 13.0. The molecule has 0 amide bonds. The Kier molecular flexibility index (Phi) is 9.04. The van der Waals surface area contributed by atoms with E-state index in [0.29, 0.717) is 22.2 Å². The van der Waals surface area contributed by atoms with Gasteiger partial charge in [0.05, 0.1) is 17.9 Å². The first-order chi connectivity index (χ1) is 19.5. The van der Waals surface area contributed by atoms with Crippen molar-refractivity contribution in [1.82, 2.24) is 19.7 Å². The van der Waals surface area contributed by atoms with Gasteiger partial charge in [0.2, 0.25) is 10.0 Å². The molecule has 0 bridgehead atoms. The number of benzene rings is 3. The van der Waals surface area contributed by atoms with Crippen molar-refractivity contribution in [1.29, 1.82) is 0 Å². The van der Waals surface area contributed by atoms with E-state index in [0.717, 1.165) is 16.7 Å². The lowest BCUT2D eigenvalue weighted by molar-refractivity contribution is -0.143. The monoisotopic (exact) mass is 580 g/mol. The molecule has 0 saturated carbocycles. The Balaban J connectivity index is 1.74. The number of ether oxygens (including phenoxy) is 2. The Morgan fingerprint density at radius 1 is 1.05 bits per heavy atom. The summed E-state index contributed by atoms with van der Waals surface area (Å²) in [6, 6.07) is 15.8. The van der Waals surface area contributed by atoms with Gasteiger partial charge >= 0.3 is 11.9 Å². The van der Waals surface area contributed by atoms with Crippen LogP contribution in [-0.4, -0.2) is 53.7 Å². The molecule has 0 aliphatic carbocycles. The zero-order valence-electron chi connectivity index (χ0n) is 23.2. The van der Waals surface area contributed by atoms with Gasteiger partial charge in [0.1, 0.15) is 16.8 Å². The lowest BCUT2D eigenvalue weighted by Crippen LogP contribution is -2.24. The smallest absolute Gasteiger partial charge is 0.341 e. The molecule has 1 unspecified atom stereocenters. The molecular weight excluding hydrogens is 548 g/mol. The molecule has 4 rings (SSSR count). The predicted octanol–water partition coefficient (Wildman–Crippen LogP) is 3.61. The molecule has 1 atom stereocenters. The quantitative estimate of drug-likeness (QED) is 0.240. The van der Waals surface area contributed by atoms with E-state index in [9.17, 15) is 23.1 Å². The topological polar surface area (TPSA) is 150 Å². The SMILES string of the molecule is CCOC(=O)CC(c1ccc(C)c(CNS(=O)(=O)c2ccccc2C)c1)c1cc(OCC(=O)O)c2c(c1)nnn2C. The minimum atomic E-state index is -3.76. The average molecular weight is 581 g/mol. The van der Waals surface area contributed by atoms with Crippen molar-refractivity contribution >= 4 is 33.0 Å². The lowest BCUT2D eigenvalue weighted by Gasteiger charge is -2.20. The zero-order chi connectivity index (χ0) is 29.7. The fourth-order valence-corrected chi connectivity index (χ4v) is 5.90. The number of hydrogen-bond acceptors (Lipinski definition) is 8. The number of rotatable bonds is 12. The molecule has 216 valence electrons. The third-order valence-corrected chi connectivity index (χ3v) is 8.29. The van der Waals surface area contributed by atoms with E-state index in [1.807, 2.05) is 25.1 Å². The molecule has 2 N–H and O–H groups in total. The average Bonchev–Trinajstić information content (AvgIpc) is 3.31. The van der Waals surface area contributed by atoms with Crippen molar-refractivity contribution in [3.8, 4) is 5.75 Å². The number of carboxylic acids is 1. The number of sulfonamides is 1. The molecule has 0 saturated heterocycles. The van der Waals surface area contributed by atoms with Crippen LogP contribution < -0.4 is 9.46 Å². The normalized spacial score (nSPS) is 12.3. The van der Waals surface area contributed by atoms with Crippen LogP contribution in [0.25, 0.3) is 11.0 Å². The number of aliphatic carboxylic acids is 1. The molecule has 0 aliphatic rings. The van der Waals surface area contributed by atoms with Gasteiger partial charge < -0.3 is 14.6 Å². The van der Waals surface area contributed by atoms with Crippen LogP contribution in [0.4, 0.5) is 0 Å². The summed E-state index contributed by atoms with van der Waals surface area (Å²) < 4.78 is 41.1. The van der Waals surface area contributed by atoms with Crippen molar-refractivity contribution in [2.75, 3.05) is 13.2 Å². The van der Waals surface area contributed by atoms with Gasteiger partial charge in [-0.3, -0.25) is 4.79 Å². The van der Waals surface area contributed by atoms with Gasteiger partial charge in [-0.25, -0.2) is 22.6 Å². The van der Waals surface area contributed by atoms with Crippen molar-refractivity contribution in [3.63, 3.8) is 0 Å². The molecule has 1 aromatic heterocycles. The van der Waals surface area contributed by atoms with Crippen molar-refractivity contribution in [3.05, 3.63) is 82.4 Å². The summed E-state index contributed by atoms with van der Waals surface area (Å²) in [5, 5.41) is 17.4. The molecule has 3 aromatic carbocycles. The lowest BCUT2D eigenvalue weighted by atomic mass is 9.86. The largest absolute Gasteiger partial charge is 0.480 e. The van der Waals surface area contributed by atoms with Crippen LogP contribution in [0, 0.1) is 13.8 Å². The van der Waals surface area contributed by atoms with Crippen LogP contribution in [0.15, 0.2) is 59.5 Å². The van der Waals surface area contributed by atoms with E-state index < -0.39 is 34.5 Å². The summed E-state index contributed by atoms with van der Waals surface area (Å²) in [5.41, 5.74) is 4.60. The van der Waals surface area contributed by atoms with Crippen LogP contribution in [0.1, 0.15) is 47.1 Å². The highest BCUT2D eigenvalue weighted by Gasteiger charge is 2.24. The molecule has 0 fully saturated rings. The van der Waals surface area contributed by atoms with Crippen LogP contribution in [0.2, 0.25) is 0 Å². The summed E-state index contributed by atoms with van der Waals surface area (Å²) in [7, 11) is -2.10. The summed E-state index contributed by atoms with van der Waals surface area (Å²) >= 11 is 0. The fraction of sp³-hybridized carbons (Fsp3) is 0.310. The maximum Gasteiger partial charge on any atom is 0.341 e. The summed E-state index contributed by atoms with van der Waals surface area (Å²) in [6.45, 7) is 5.02. The number of esters is 1. The van der Waals surface area contributed by atoms with Crippen molar-refractivity contribution < 1.29 is 32.6 Å². The second-order valence-corrected chi connectivity index (χ2v) is 11.4. The Labute approximate surface area is 238 Å². The molecule has 41 heavy (non-hydrogen) atoms. The number of fused-ring (bicyclic) bond motifs is 1. The number of carbonyl (C=O) groups excluding carboxylic acids is 1. The van der Waals surface area contributed by atoms with E-state index in [-0.39, 0.29) is 30.2 Å². The van der Waals surface area contributed by atoms with E-state index in [4.69, 9.17) is 9.47 Å². The Hall–Kier alpha value is -4.29. The van der Waals surface area contributed by atoms with E-state index in [1.165, 1.54) is 4.68 Å². The summed E-state index contributed by atoms with van der Waals surface area (Å²) in [5.74, 6) is -1.83. The molecule has 1 heterocycles. The summed E-state index contributed by atoms with van der Waals surface area (Å²) in [4.78, 5) is 24.1. The molecule has 0 spiro atoms. The molecule has 4 aromatic rings. The first-order valence-corrected chi connectivity index (χ1v) is 14.5. The van der Waals surface area contributed by atoms with E-state index in [2.05, 4.69) is 15.0 Å². The van der Waals surface area contributed by atoms with Crippen LogP contribution in [-0.2, 0) is 37.9 Å². The third kappa shape index (κ3) is 6.90. The Morgan fingerprint density at radius 2 is 1.80 bits per heavy atom. The van der Waals surface area contributed by atoms with E-state index >= 15 is 0 Å². The second kappa shape index (κ2) is 12.5. The first-order valence-electron chi connectivity index (χ1n) is 13.0. The standard InChI is InChI=1S/C29H32N4O7S/c1-5-39-28(36)15-23(21-13-24-29(33(4)32-31-24)25(14-21)40-17-27(34)35)20-11-10-18(2)22(12-20)16-30-41(37,38)26-9-7-6-8-19(26)3/h6-14,23,30H,5,15-17H2,1-4H3,(H,34,35). The van der Waals surface area contributed by atoms with Gasteiger partial charge in [-0.15, -0.1) is 5.10 Å². The van der Waals surface area contributed by atoms with Gasteiger partial charge in [-0.2, -0.15) is 0 Å². The number of carboxylic acid groups (broad SMARTS) is 1. The highest BCUT2D eigenvalue weighted by atomic mass is 32.2. The molecule has 0 aliphatic heterocycles. The second-order valence-electron chi connectivity index (χ2n) is 9.62. The molecule has 0 radical (unpaired) electrons. The maximum atomic E-state index is 13.0. The predicted molar refractivity (Wildman–Crippen MR) is 151 cm³/mol. The van der Waals surface area contributed by atoms with Crippen molar-refractivity contribution in [2.24, 2.45) is 7.05 Å². The molecule has 11 nitrogen and oxygen atoms in total. The van der Waals surface area contributed by atoms with Gasteiger partial charge in [-0.1, -0.05) is 41.6 Å². The summed E-state index contributed by atoms with van der Waals surface area (Å²) in [6.07, 6.45) is -0.0184. The Morgan fingerprint density at radius 3 is 2.51 bits per heavy atom. The number of aryl methyl sites for hydroxylation is 3. The third-order valence-electron chi connectivity index (χ3n) is 6.73. The van der Waals surface area contributed by atoms with Gasteiger partial charge in [0, 0.05) is 19.5 Å². The molecule has 12 heteroatoms. The first kappa shape index (κ1) is 29.7. The van der Waals surface area contributed by atoms with Crippen LogP contribution in [0.5, 0.6) is 5.75 Å². The zero-order valence-corrected chi connectivity index (χ0v) is 24.1. The minimum absolute atomic E-state index is 0.0184. The van der Waals surface area contributed by atoms with Gasteiger partial charge in [0.25, 0.3) is 0 Å². The number of aromatic nitrogens is 3. The van der Waals surface area contributed by atoms with Gasteiger partial charge in [0.15, 0.2) is 6.61 Å². The van der Waals surface area contributed by atoms with Gasteiger partial charge in [-0.05, 0) is 66.8 Å². The number of carbonyl (C=O) groups is 2. The highest BCUT2D eigenvalue weighted by Crippen LogP contribution is 2.35. The number of nitrogens with one attached hydrogen (secondary N) is 1. The van der Waals surface area contributed by atoms with Crippen LogP contribution in [0.3, 0.4) is 0 Å². The minimum Gasteiger partial charge on any atom is -0.480 e. The highest BCUT2D eigenvalue weighted by molar-refractivity contribution is 7.89. The van der Waals surface area contributed by atoms with Crippen molar-refractivity contribution in [2.45, 2.75) is 44.6 Å².